The van der Waals surface area contributed by atoms with Crippen molar-refractivity contribution in [1.82, 2.24) is 14.5 Å². The van der Waals surface area contributed by atoms with E-state index in [0.717, 1.165) is 29.6 Å². The van der Waals surface area contributed by atoms with Gasteiger partial charge in [0.15, 0.2) is 0 Å². The molecule has 3 aliphatic rings. The fourth-order valence-electron chi connectivity index (χ4n) is 5.49. The maximum Gasteiger partial charge on any atom is 0.309 e. The Hall–Kier alpha value is -3.14. The molecular weight excluding hydrogens is 453 g/mol. The van der Waals surface area contributed by atoms with Crippen molar-refractivity contribution in [3.05, 3.63) is 62.7 Å². The van der Waals surface area contributed by atoms with Gasteiger partial charge in [0.2, 0.25) is 0 Å². The number of carbonyl (C=O) groups excluding carboxylic acids is 1. The summed E-state index contributed by atoms with van der Waals surface area (Å²) in [6.45, 7) is 5.30. The molecule has 35 heavy (non-hydrogen) atoms. The SMILES string of the molecule is CCC1(O)CC(=O)OCc2c1cc1n(c2=O)Cc2c-1nc1ccc(F)cc1c2CN1CCOCC1. The zero-order chi connectivity index (χ0) is 24.3. The van der Waals surface area contributed by atoms with E-state index in [0.29, 0.717) is 47.8 Å². The van der Waals surface area contributed by atoms with Gasteiger partial charge in [-0.05, 0) is 41.8 Å². The summed E-state index contributed by atoms with van der Waals surface area (Å²) in [6.07, 6.45) is 0.0521. The number of carbonyl (C=O) groups is 1. The first-order valence-corrected chi connectivity index (χ1v) is 11.9. The second-order valence-electron chi connectivity index (χ2n) is 9.50. The number of benzene rings is 1. The topological polar surface area (TPSA) is 93.9 Å². The van der Waals surface area contributed by atoms with Crippen molar-refractivity contribution in [1.29, 1.82) is 0 Å². The van der Waals surface area contributed by atoms with E-state index in [1.807, 2.05) is 0 Å². The summed E-state index contributed by atoms with van der Waals surface area (Å²) in [7, 11) is 0. The van der Waals surface area contributed by atoms with E-state index in [-0.39, 0.29) is 37.4 Å². The molecule has 2 aromatic heterocycles. The lowest BCUT2D eigenvalue weighted by Crippen LogP contribution is -2.36. The maximum atomic E-state index is 14.3. The number of morpholine rings is 1. The number of aliphatic hydroxyl groups is 1. The average molecular weight is 480 g/mol. The quantitative estimate of drug-likeness (QED) is 0.451. The predicted octanol–water partition coefficient (Wildman–Crippen LogP) is 2.44. The molecule has 8 nitrogen and oxygen atoms in total. The molecule has 0 spiro atoms. The Balaban J connectivity index is 1.57. The largest absolute Gasteiger partial charge is 0.460 e. The molecule has 0 bridgehead atoms. The summed E-state index contributed by atoms with van der Waals surface area (Å²) in [6, 6.07) is 6.34. The van der Waals surface area contributed by atoms with Crippen LogP contribution in [0, 0.1) is 5.82 Å². The van der Waals surface area contributed by atoms with E-state index >= 15 is 0 Å². The third-order valence-corrected chi connectivity index (χ3v) is 7.51. The average Bonchev–Trinajstić information content (AvgIpc) is 3.16. The van der Waals surface area contributed by atoms with Crippen molar-refractivity contribution in [3.8, 4) is 11.4 Å². The third kappa shape index (κ3) is 3.57. The van der Waals surface area contributed by atoms with Crippen molar-refractivity contribution in [2.24, 2.45) is 0 Å². The number of halogens is 1. The first-order valence-electron chi connectivity index (χ1n) is 11.9. The monoisotopic (exact) mass is 479 g/mol. The van der Waals surface area contributed by atoms with Crippen molar-refractivity contribution in [3.63, 3.8) is 0 Å². The lowest BCUT2D eigenvalue weighted by atomic mass is 9.85. The number of nitrogens with zero attached hydrogens (tertiary/aromatic N) is 3. The summed E-state index contributed by atoms with van der Waals surface area (Å²) in [4.78, 5) is 32.9. The summed E-state index contributed by atoms with van der Waals surface area (Å²) >= 11 is 0. The number of rotatable bonds is 3. The number of ether oxygens (including phenoxy) is 2. The van der Waals surface area contributed by atoms with E-state index in [2.05, 4.69) is 4.90 Å². The van der Waals surface area contributed by atoms with Crippen LogP contribution in [0.25, 0.3) is 22.3 Å². The number of pyridine rings is 2. The minimum absolute atomic E-state index is 0.173. The van der Waals surface area contributed by atoms with E-state index in [9.17, 15) is 19.1 Å². The Morgan fingerprint density at radius 2 is 1.97 bits per heavy atom. The van der Waals surface area contributed by atoms with Crippen LogP contribution in [-0.2, 0) is 39.6 Å². The van der Waals surface area contributed by atoms with Crippen LogP contribution in [0.4, 0.5) is 4.39 Å². The molecule has 1 atom stereocenters. The zero-order valence-electron chi connectivity index (χ0n) is 19.5. The molecule has 0 radical (unpaired) electrons. The Kier molecular flexibility index (Phi) is 5.24. The highest BCUT2D eigenvalue weighted by molar-refractivity contribution is 5.88. The Morgan fingerprint density at radius 3 is 2.74 bits per heavy atom. The minimum atomic E-state index is -1.49. The second-order valence-corrected chi connectivity index (χ2v) is 9.50. The highest BCUT2D eigenvalue weighted by Gasteiger charge is 2.39. The molecule has 1 saturated heterocycles. The number of esters is 1. The molecule has 6 rings (SSSR count). The normalized spacial score (nSPS) is 21.9. The van der Waals surface area contributed by atoms with Gasteiger partial charge in [-0.25, -0.2) is 9.37 Å². The summed E-state index contributed by atoms with van der Waals surface area (Å²) < 4.78 is 26.7. The van der Waals surface area contributed by atoms with Crippen LogP contribution >= 0.6 is 0 Å². The van der Waals surface area contributed by atoms with Crippen molar-refractivity contribution in [2.75, 3.05) is 26.3 Å². The van der Waals surface area contributed by atoms with Crippen molar-refractivity contribution in [2.45, 2.75) is 45.1 Å². The smallest absolute Gasteiger partial charge is 0.309 e. The lowest BCUT2D eigenvalue weighted by molar-refractivity contribution is -0.149. The van der Waals surface area contributed by atoms with E-state index in [4.69, 9.17) is 14.5 Å². The first kappa shape index (κ1) is 22.3. The van der Waals surface area contributed by atoms with Gasteiger partial charge in [0.1, 0.15) is 18.0 Å². The summed E-state index contributed by atoms with van der Waals surface area (Å²) in [5, 5.41) is 12.1. The molecule has 1 aromatic carbocycles. The number of hydrogen-bond donors (Lipinski definition) is 1. The van der Waals surface area contributed by atoms with Crippen LogP contribution in [0.15, 0.2) is 29.1 Å². The molecule has 3 aromatic rings. The van der Waals surface area contributed by atoms with E-state index in [1.165, 1.54) is 12.1 Å². The summed E-state index contributed by atoms with van der Waals surface area (Å²) in [5.74, 6) is -0.869. The first-order chi connectivity index (χ1) is 16.9. The van der Waals surface area contributed by atoms with Gasteiger partial charge in [-0.2, -0.15) is 0 Å². The molecule has 3 aliphatic heterocycles. The van der Waals surface area contributed by atoms with Gasteiger partial charge < -0.3 is 19.1 Å². The fraction of sp³-hybridized carbons (Fsp3) is 0.423. The number of fused-ring (bicyclic) bond motifs is 5. The Bertz CT molecular complexity index is 1430. The van der Waals surface area contributed by atoms with Crippen LogP contribution < -0.4 is 5.56 Å². The van der Waals surface area contributed by atoms with Gasteiger partial charge >= 0.3 is 5.97 Å². The van der Waals surface area contributed by atoms with Gasteiger partial charge in [-0.15, -0.1) is 0 Å². The Labute approximate surface area is 200 Å². The van der Waals surface area contributed by atoms with Gasteiger partial charge in [-0.1, -0.05) is 6.92 Å². The molecule has 0 amide bonds. The minimum Gasteiger partial charge on any atom is -0.460 e. The van der Waals surface area contributed by atoms with Crippen molar-refractivity contribution >= 4 is 16.9 Å². The van der Waals surface area contributed by atoms with E-state index in [1.54, 1.807) is 23.6 Å². The van der Waals surface area contributed by atoms with Gasteiger partial charge in [0, 0.05) is 30.6 Å². The Morgan fingerprint density at radius 1 is 1.17 bits per heavy atom. The molecular formula is C26H26FN3O5. The van der Waals surface area contributed by atoms with Gasteiger partial charge in [0.05, 0.1) is 48.6 Å². The number of hydrogen-bond acceptors (Lipinski definition) is 7. The highest BCUT2D eigenvalue weighted by atomic mass is 19.1. The third-order valence-electron chi connectivity index (χ3n) is 7.51. The molecule has 9 heteroatoms. The lowest BCUT2D eigenvalue weighted by Gasteiger charge is -2.28. The molecule has 0 aliphatic carbocycles. The molecule has 1 fully saturated rings. The number of cyclic esters (lactones) is 1. The van der Waals surface area contributed by atoms with Crippen LogP contribution in [-0.4, -0.2) is 51.8 Å². The summed E-state index contributed by atoms with van der Waals surface area (Å²) in [5.41, 5.74) is 2.65. The standard InChI is InChI=1S/C26H26FN3O5/c1-2-26(33)11-23(31)35-14-19-20(26)10-22-24-18(13-30(22)25(19)32)17(12-29-5-7-34-8-6-29)16-9-15(27)3-4-21(16)28-24/h3-4,9-10,33H,2,5-8,11-14H2,1H3. The van der Waals surface area contributed by atoms with E-state index < -0.39 is 11.6 Å². The molecule has 1 unspecified atom stereocenters. The molecule has 5 heterocycles. The molecule has 1 N–H and O–H groups in total. The zero-order valence-corrected chi connectivity index (χ0v) is 19.5. The molecule has 0 saturated carbocycles. The van der Waals surface area contributed by atoms with Gasteiger partial charge in [0.25, 0.3) is 5.56 Å². The van der Waals surface area contributed by atoms with Crippen LogP contribution in [0.5, 0.6) is 0 Å². The van der Waals surface area contributed by atoms with Crippen LogP contribution in [0.1, 0.15) is 42.0 Å². The van der Waals surface area contributed by atoms with Crippen LogP contribution in [0.2, 0.25) is 0 Å². The fourth-order valence-corrected chi connectivity index (χ4v) is 5.49. The maximum absolute atomic E-state index is 14.3. The second kappa shape index (κ2) is 8.22. The van der Waals surface area contributed by atoms with Crippen LogP contribution in [0.3, 0.4) is 0 Å². The highest BCUT2D eigenvalue weighted by Crippen LogP contribution is 2.40. The van der Waals surface area contributed by atoms with Crippen molar-refractivity contribution < 1.29 is 23.8 Å². The molecule has 182 valence electrons. The van der Waals surface area contributed by atoms with Gasteiger partial charge in [-0.3, -0.25) is 14.5 Å². The number of aromatic nitrogens is 2. The predicted molar refractivity (Wildman–Crippen MR) is 125 cm³/mol.